The quantitative estimate of drug-likeness (QED) is 0.475. The molecule has 1 aliphatic carbocycles. The molecule has 0 aliphatic heterocycles. The van der Waals surface area contributed by atoms with Crippen molar-refractivity contribution in [1.29, 1.82) is 0 Å². The van der Waals surface area contributed by atoms with E-state index >= 15 is 0 Å². The van der Waals surface area contributed by atoms with Crippen LogP contribution in [0.3, 0.4) is 0 Å². The molecule has 0 aromatic rings. The molecule has 1 rings (SSSR count). The summed E-state index contributed by atoms with van der Waals surface area (Å²) < 4.78 is 0. The lowest BCUT2D eigenvalue weighted by Crippen LogP contribution is -2.06. The lowest BCUT2D eigenvalue weighted by molar-refractivity contribution is 0.677. The first kappa shape index (κ1) is 16.6. The summed E-state index contributed by atoms with van der Waals surface area (Å²) in [5.74, 6) is 0. The average molecular weight is 271 g/mol. The van der Waals surface area contributed by atoms with Gasteiger partial charge in [0.1, 0.15) is 0 Å². The van der Waals surface area contributed by atoms with Gasteiger partial charge < -0.3 is 5.73 Å². The minimum atomic E-state index is 0.943. The first-order chi connectivity index (χ1) is 9.54. The van der Waals surface area contributed by atoms with Gasteiger partial charge in [0, 0.05) is 5.70 Å². The van der Waals surface area contributed by atoms with Gasteiger partial charge in [0.15, 0.2) is 0 Å². The van der Waals surface area contributed by atoms with Gasteiger partial charge in [0.2, 0.25) is 0 Å². The van der Waals surface area contributed by atoms with Crippen LogP contribution in [0, 0.1) is 0 Å². The fourth-order valence-electron chi connectivity index (χ4n) is 2.34. The van der Waals surface area contributed by atoms with Gasteiger partial charge in [0.05, 0.1) is 0 Å². The molecule has 0 amide bonds. The zero-order chi connectivity index (χ0) is 15.0. The maximum atomic E-state index is 6.03. The topological polar surface area (TPSA) is 26.0 Å². The minimum absolute atomic E-state index is 0.943. The molecule has 20 heavy (non-hydrogen) atoms. The van der Waals surface area contributed by atoms with Gasteiger partial charge in [-0.3, -0.25) is 0 Å². The van der Waals surface area contributed by atoms with Crippen LogP contribution in [0.25, 0.3) is 0 Å². The van der Waals surface area contributed by atoms with Gasteiger partial charge in [-0.25, -0.2) is 0 Å². The standard InChI is InChI=1S/C19H29N/c1-5-16(3)17(4)14-13-15(2)9-8-11-18-10-6-7-12-19(18)20/h5,8,11H,2,4,6-7,9-10,12-14,20H2,1,3H3/b11-8-,16-5+. The highest BCUT2D eigenvalue weighted by Crippen LogP contribution is 2.23. The maximum Gasteiger partial charge on any atom is 0.0113 e. The molecular weight excluding hydrogens is 242 g/mol. The molecular formula is C19H29N. The average Bonchev–Trinajstić information content (AvgIpc) is 2.45. The van der Waals surface area contributed by atoms with E-state index in [1.165, 1.54) is 35.1 Å². The highest BCUT2D eigenvalue weighted by molar-refractivity contribution is 5.28. The number of allylic oxidation sites excluding steroid dienone is 8. The second kappa shape index (κ2) is 8.63. The molecule has 1 nitrogen and oxygen atoms in total. The van der Waals surface area contributed by atoms with E-state index in [0.29, 0.717) is 0 Å². The van der Waals surface area contributed by atoms with E-state index in [-0.39, 0.29) is 0 Å². The van der Waals surface area contributed by atoms with E-state index < -0.39 is 0 Å². The third kappa shape index (κ3) is 5.64. The van der Waals surface area contributed by atoms with Gasteiger partial charge >= 0.3 is 0 Å². The van der Waals surface area contributed by atoms with Gasteiger partial charge in [-0.15, -0.1) is 0 Å². The molecule has 0 unspecified atom stereocenters. The van der Waals surface area contributed by atoms with Crippen LogP contribution in [0.5, 0.6) is 0 Å². The summed E-state index contributed by atoms with van der Waals surface area (Å²) in [7, 11) is 0. The lowest BCUT2D eigenvalue weighted by atomic mass is 9.95. The molecule has 0 heterocycles. The number of hydrogen-bond donors (Lipinski definition) is 1. The molecule has 0 fully saturated rings. The summed E-state index contributed by atoms with van der Waals surface area (Å²) in [6.07, 6.45) is 14.2. The molecule has 110 valence electrons. The summed E-state index contributed by atoms with van der Waals surface area (Å²) in [5.41, 5.74) is 12.2. The molecule has 0 spiro atoms. The van der Waals surface area contributed by atoms with Crippen molar-refractivity contribution in [2.45, 2.75) is 58.8 Å². The number of rotatable bonds is 7. The summed E-state index contributed by atoms with van der Waals surface area (Å²) >= 11 is 0. The monoisotopic (exact) mass is 271 g/mol. The third-order valence-electron chi connectivity index (χ3n) is 4.05. The Morgan fingerprint density at radius 1 is 1.20 bits per heavy atom. The second-order valence-corrected chi connectivity index (χ2v) is 5.69. The molecule has 0 atom stereocenters. The van der Waals surface area contributed by atoms with Gasteiger partial charge in [0.25, 0.3) is 0 Å². The Morgan fingerprint density at radius 2 is 1.90 bits per heavy atom. The summed E-state index contributed by atoms with van der Waals surface area (Å²) in [6.45, 7) is 12.4. The molecule has 0 radical (unpaired) electrons. The van der Waals surface area contributed by atoms with E-state index in [0.717, 1.165) is 37.8 Å². The van der Waals surface area contributed by atoms with Crippen LogP contribution in [0.1, 0.15) is 58.8 Å². The molecule has 0 saturated heterocycles. The molecule has 1 heteroatoms. The Morgan fingerprint density at radius 3 is 2.55 bits per heavy atom. The first-order valence-electron chi connectivity index (χ1n) is 7.66. The van der Waals surface area contributed by atoms with Crippen molar-refractivity contribution in [3.8, 4) is 0 Å². The second-order valence-electron chi connectivity index (χ2n) is 5.69. The SMILES string of the molecule is C=C(C/C=C\C1=C(N)CCCC1)CCC(=C)/C(C)=C/C. The Kier molecular flexibility index (Phi) is 7.14. The minimum Gasteiger partial charge on any atom is -0.402 e. The fraction of sp³-hybridized carbons (Fsp3) is 0.474. The summed E-state index contributed by atoms with van der Waals surface area (Å²) in [4.78, 5) is 0. The van der Waals surface area contributed by atoms with Crippen molar-refractivity contribution < 1.29 is 0 Å². The highest BCUT2D eigenvalue weighted by Gasteiger charge is 2.06. The van der Waals surface area contributed by atoms with Crippen LogP contribution >= 0.6 is 0 Å². The zero-order valence-electron chi connectivity index (χ0n) is 13.2. The third-order valence-corrected chi connectivity index (χ3v) is 4.05. The van der Waals surface area contributed by atoms with Crippen molar-refractivity contribution in [1.82, 2.24) is 0 Å². The van der Waals surface area contributed by atoms with E-state index in [9.17, 15) is 0 Å². The predicted molar refractivity (Wildman–Crippen MR) is 90.4 cm³/mol. The fourth-order valence-corrected chi connectivity index (χ4v) is 2.34. The molecule has 0 bridgehead atoms. The van der Waals surface area contributed by atoms with E-state index in [1.807, 2.05) is 0 Å². The molecule has 2 N–H and O–H groups in total. The van der Waals surface area contributed by atoms with Crippen LogP contribution in [0.15, 0.2) is 59.4 Å². The first-order valence-corrected chi connectivity index (χ1v) is 7.66. The van der Waals surface area contributed by atoms with Crippen molar-refractivity contribution in [3.05, 3.63) is 59.4 Å². The van der Waals surface area contributed by atoms with Crippen LogP contribution < -0.4 is 5.73 Å². The maximum absolute atomic E-state index is 6.03. The smallest absolute Gasteiger partial charge is 0.0113 e. The van der Waals surface area contributed by atoms with Crippen molar-refractivity contribution in [3.63, 3.8) is 0 Å². The highest BCUT2D eigenvalue weighted by atomic mass is 14.6. The van der Waals surface area contributed by atoms with Gasteiger partial charge in [-0.05, 0) is 64.4 Å². The summed E-state index contributed by atoms with van der Waals surface area (Å²) in [5, 5.41) is 0. The zero-order valence-corrected chi connectivity index (χ0v) is 13.2. The van der Waals surface area contributed by atoms with Gasteiger partial charge in [-0.1, -0.05) is 48.1 Å². The number of hydrogen-bond acceptors (Lipinski definition) is 1. The largest absolute Gasteiger partial charge is 0.402 e. The summed E-state index contributed by atoms with van der Waals surface area (Å²) in [6, 6.07) is 0. The van der Waals surface area contributed by atoms with Crippen molar-refractivity contribution in [2.24, 2.45) is 5.73 Å². The van der Waals surface area contributed by atoms with Crippen molar-refractivity contribution in [2.75, 3.05) is 0 Å². The van der Waals surface area contributed by atoms with Crippen LogP contribution in [-0.2, 0) is 0 Å². The molecule has 0 aromatic carbocycles. The molecule has 0 saturated carbocycles. The molecule has 1 aliphatic rings. The Bertz CT molecular complexity index is 446. The Balaban J connectivity index is 2.35. The normalized spacial score (nSPS) is 16.8. The van der Waals surface area contributed by atoms with Crippen LogP contribution in [-0.4, -0.2) is 0 Å². The molecule has 0 aromatic heterocycles. The van der Waals surface area contributed by atoms with Gasteiger partial charge in [-0.2, -0.15) is 0 Å². The van der Waals surface area contributed by atoms with E-state index in [4.69, 9.17) is 5.73 Å². The van der Waals surface area contributed by atoms with Crippen LogP contribution in [0.4, 0.5) is 0 Å². The number of nitrogens with two attached hydrogens (primary N) is 1. The van der Waals surface area contributed by atoms with E-state index in [2.05, 4.69) is 45.2 Å². The lowest BCUT2D eigenvalue weighted by Gasteiger charge is -2.14. The van der Waals surface area contributed by atoms with Crippen molar-refractivity contribution >= 4 is 0 Å². The Labute approximate surface area is 124 Å². The van der Waals surface area contributed by atoms with E-state index in [1.54, 1.807) is 0 Å². The Hall–Kier alpha value is -1.50. The van der Waals surface area contributed by atoms with Crippen LogP contribution in [0.2, 0.25) is 0 Å². The predicted octanol–water partition coefficient (Wildman–Crippen LogP) is 5.58.